The topological polar surface area (TPSA) is 0 Å². The first-order valence-electron chi connectivity index (χ1n) is 9.32. The molecular formula is C22H27P. The van der Waals surface area contributed by atoms with Crippen LogP contribution in [0.15, 0.2) is 54.6 Å². The molecule has 0 saturated heterocycles. The van der Waals surface area contributed by atoms with Crippen molar-refractivity contribution in [3.05, 3.63) is 60.2 Å². The quantitative estimate of drug-likeness (QED) is 0.555. The van der Waals surface area contributed by atoms with Gasteiger partial charge in [-0.3, -0.25) is 0 Å². The molecule has 2 aromatic carbocycles. The molecule has 120 valence electrons. The van der Waals surface area contributed by atoms with Crippen molar-refractivity contribution in [1.29, 1.82) is 0 Å². The molecule has 0 heterocycles. The van der Waals surface area contributed by atoms with E-state index >= 15 is 0 Å². The summed E-state index contributed by atoms with van der Waals surface area (Å²) in [6, 6.07) is 20.2. The molecule has 2 aromatic rings. The van der Waals surface area contributed by atoms with Crippen molar-refractivity contribution in [2.24, 2.45) is 0 Å². The van der Waals surface area contributed by atoms with Gasteiger partial charge in [0.2, 0.25) is 0 Å². The van der Waals surface area contributed by atoms with E-state index in [1.807, 2.05) is 0 Å². The van der Waals surface area contributed by atoms with Crippen LogP contribution < -0.4 is 0 Å². The van der Waals surface area contributed by atoms with E-state index in [-0.39, 0.29) is 0 Å². The van der Waals surface area contributed by atoms with E-state index in [0.29, 0.717) is 0 Å². The van der Waals surface area contributed by atoms with Crippen LogP contribution in [0.4, 0.5) is 0 Å². The minimum atomic E-state index is 0.797. The van der Waals surface area contributed by atoms with Crippen molar-refractivity contribution in [2.75, 3.05) is 0 Å². The smallest absolute Gasteiger partial charge is 0.00904 e. The van der Waals surface area contributed by atoms with E-state index in [2.05, 4.69) is 54.6 Å². The first-order valence-corrected chi connectivity index (χ1v) is 10.5. The molecule has 3 unspecified atom stereocenters. The zero-order valence-corrected chi connectivity index (χ0v) is 14.9. The lowest BCUT2D eigenvalue weighted by atomic mass is 9.89. The monoisotopic (exact) mass is 322 g/mol. The highest BCUT2D eigenvalue weighted by Gasteiger charge is 2.32. The van der Waals surface area contributed by atoms with E-state index in [1.54, 1.807) is 5.56 Å². The lowest BCUT2D eigenvalue weighted by Crippen LogP contribution is -2.11. The van der Waals surface area contributed by atoms with Crippen molar-refractivity contribution in [3.63, 3.8) is 0 Å². The van der Waals surface area contributed by atoms with Crippen LogP contribution in [0.1, 0.15) is 56.4 Å². The van der Waals surface area contributed by atoms with Gasteiger partial charge in [0, 0.05) is 0 Å². The summed E-state index contributed by atoms with van der Waals surface area (Å²) in [5.74, 6) is 0.797. The van der Waals surface area contributed by atoms with E-state index in [1.165, 1.54) is 64.7 Å². The van der Waals surface area contributed by atoms with Crippen molar-refractivity contribution >= 4 is 8.58 Å². The van der Waals surface area contributed by atoms with Crippen molar-refractivity contribution in [3.8, 4) is 11.1 Å². The van der Waals surface area contributed by atoms with Crippen molar-refractivity contribution < 1.29 is 0 Å². The lowest BCUT2D eigenvalue weighted by molar-refractivity contribution is 0.726. The largest absolute Gasteiger partial charge is 0.115 e. The normalized spacial score (nSPS) is 25.6. The molecule has 4 rings (SSSR count). The van der Waals surface area contributed by atoms with E-state index in [4.69, 9.17) is 0 Å². The molecular weight excluding hydrogens is 295 g/mol. The molecule has 0 bridgehead atoms. The van der Waals surface area contributed by atoms with Crippen LogP contribution in [0, 0.1) is 0 Å². The zero-order valence-electron chi connectivity index (χ0n) is 13.9. The van der Waals surface area contributed by atoms with Gasteiger partial charge in [0.05, 0.1) is 0 Å². The van der Waals surface area contributed by atoms with E-state index < -0.39 is 0 Å². The van der Waals surface area contributed by atoms with Crippen LogP contribution >= 0.6 is 8.58 Å². The summed E-state index contributed by atoms with van der Waals surface area (Å²) in [4.78, 5) is 0. The molecule has 23 heavy (non-hydrogen) atoms. The van der Waals surface area contributed by atoms with Crippen molar-refractivity contribution in [2.45, 2.75) is 62.2 Å². The highest BCUT2D eigenvalue weighted by atomic mass is 31.1. The molecule has 2 aliphatic carbocycles. The average molecular weight is 322 g/mol. The Morgan fingerprint density at radius 2 is 1.43 bits per heavy atom. The molecule has 0 aromatic heterocycles. The molecule has 2 saturated carbocycles. The molecule has 0 amide bonds. The Hall–Kier alpha value is -1.13. The van der Waals surface area contributed by atoms with Gasteiger partial charge in [-0.15, -0.1) is 8.58 Å². The van der Waals surface area contributed by atoms with Gasteiger partial charge in [-0.1, -0.05) is 73.9 Å². The number of hydrogen-bond donors (Lipinski definition) is 0. The molecule has 0 spiro atoms. The number of hydrogen-bond acceptors (Lipinski definition) is 0. The molecule has 0 radical (unpaired) electrons. The zero-order chi connectivity index (χ0) is 15.5. The van der Waals surface area contributed by atoms with E-state index in [0.717, 1.165) is 17.2 Å². The summed E-state index contributed by atoms with van der Waals surface area (Å²) in [5.41, 5.74) is 6.47. The van der Waals surface area contributed by atoms with Crippen LogP contribution in [0.5, 0.6) is 0 Å². The molecule has 0 N–H and O–H groups in total. The second kappa shape index (κ2) is 7.18. The maximum atomic E-state index is 2.41. The van der Waals surface area contributed by atoms with Crippen molar-refractivity contribution in [1.82, 2.24) is 0 Å². The molecule has 2 fully saturated rings. The summed E-state index contributed by atoms with van der Waals surface area (Å²) in [7, 11) is 1.20. The summed E-state index contributed by atoms with van der Waals surface area (Å²) < 4.78 is 0. The first-order chi connectivity index (χ1) is 11.4. The third-order valence-corrected chi connectivity index (χ3v) is 7.93. The van der Waals surface area contributed by atoms with Gasteiger partial charge in [0.15, 0.2) is 0 Å². The Labute approximate surface area is 142 Å². The predicted octanol–water partition coefficient (Wildman–Crippen LogP) is 6.61. The third-order valence-electron chi connectivity index (χ3n) is 5.77. The Morgan fingerprint density at radius 1 is 0.696 bits per heavy atom. The van der Waals surface area contributed by atoms with Crippen LogP contribution in [-0.4, -0.2) is 11.3 Å². The third kappa shape index (κ3) is 3.38. The SMILES string of the molecule is c1ccc(-c2ccccc2C2CCCC2PC2CCCC2)cc1. The standard InChI is InChI=1S/C22H27P/c1-2-9-17(10-3-1)19-13-6-7-14-20(19)21-15-8-16-22(21)23-18-11-4-5-12-18/h1-3,6-7,9-10,13-14,18,21-23H,4-5,8,11-12,15-16H2. The van der Waals surface area contributed by atoms with Gasteiger partial charge in [0.1, 0.15) is 0 Å². The average Bonchev–Trinajstić information content (AvgIpc) is 3.28. The van der Waals surface area contributed by atoms with Crippen LogP contribution in [0.25, 0.3) is 11.1 Å². The van der Waals surface area contributed by atoms with Gasteiger partial charge >= 0.3 is 0 Å². The minimum absolute atomic E-state index is 0.797. The minimum Gasteiger partial charge on any atom is -0.115 e. The fourth-order valence-corrected chi connectivity index (χ4v) is 6.92. The molecule has 3 atom stereocenters. The maximum absolute atomic E-state index is 2.41. The Balaban J connectivity index is 1.61. The Morgan fingerprint density at radius 3 is 2.26 bits per heavy atom. The number of rotatable bonds is 4. The highest BCUT2D eigenvalue weighted by molar-refractivity contribution is 7.39. The summed E-state index contributed by atoms with van der Waals surface area (Å²) in [6.07, 6.45) is 10.3. The predicted molar refractivity (Wildman–Crippen MR) is 103 cm³/mol. The van der Waals surface area contributed by atoms with Crippen LogP contribution in [0.2, 0.25) is 0 Å². The summed E-state index contributed by atoms with van der Waals surface area (Å²) >= 11 is 0. The van der Waals surface area contributed by atoms with E-state index in [9.17, 15) is 0 Å². The fraction of sp³-hybridized carbons (Fsp3) is 0.455. The van der Waals surface area contributed by atoms with Gasteiger partial charge in [0.25, 0.3) is 0 Å². The Bertz CT molecular complexity index is 627. The first kappa shape index (κ1) is 15.4. The van der Waals surface area contributed by atoms with Crippen LogP contribution in [0.3, 0.4) is 0 Å². The maximum Gasteiger partial charge on any atom is -0.00904 e. The van der Waals surface area contributed by atoms with Gasteiger partial charge in [-0.05, 0) is 59.6 Å². The molecule has 2 aliphatic rings. The molecule has 0 aliphatic heterocycles. The number of benzene rings is 2. The highest BCUT2D eigenvalue weighted by Crippen LogP contribution is 2.51. The fourth-order valence-electron chi connectivity index (χ4n) is 4.63. The molecule has 1 heteroatoms. The second-order valence-corrected chi connectivity index (χ2v) is 9.14. The second-order valence-electron chi connectivity index (χ2n) is 7.25. The van der Waals surface area contributed by atoms with Gasteiger partial charge in [-0.25, -0.2) is 0 Å². The van der Waals surface area contributed by atoms with Crippen LogP contribution in [-0.2, 0) is 0 Å². The van der Waals surface area contributed by atoms with Gasteiger partial charge in [-0.2, -0.15) is 0 Å². The Kier molecular flexibility index (Phi) is 4.81. The summed E-state index contributed by atoms with van der Waals surface area (Å²) in [5, 5.41) is 0. The lowest BCUT2D eigenvalue weighted by Gasteiger charge is -2.25. The molecule has 0 nitrogen and oxygen atoms in total. The van der Waals surface area contributed by atoms with Gasteiger partial charge < -0.3 is 0 Å². The summed E-state index contributed by atoms with van der Waals surface area (Å²) in [6.45, 7) is 0.